The summed E-state index contributed by atoms with van der Waals surface area (Å²) in [5, 5.41) is 18.4. The highest BCUT2D eigenvalue weighted by molar-refractivity contribution is 6.25. The van der Waals surface area contributed by atoms with Gasteiger partial charge in [0.1, 0.15) is 0 Å². The van der Waals surface area contributed by atoms with Crippen molar-refractivity contribution in [2.24, 2.45) is 0 Å². The zero-order chi connectivity index (χ0) is 27.4. The van der Waals surface area contributed by atoms with Crippen LogP contribution in [0.3, 0.4) is 0 Å². The van der Waals surface area contributed by atoms with Crippen molar-refractivity contribution in [1.82, 2.24) is 0 Å². The second-order valence-corrected chi connectivity index (χ2v) is 11.8. The van der Waals surface area contributed by atoms with Crippen LogP contribution in [0.25, 0.3) is 97.7 Å². The number of benzene rings is 10. The molecular formula is C42H24. The van der Waals surface area contributed by atoms with E-state index in [1.807, 2.05) is 0 Å². The van der Waals surface area contributed by atoms with Crippen LogP contribution in [0.1, 0.15) is 0 Å². The van der Waals surface area contributed by atoms with E-state index in [0.29, 0.717) is 0 Å². The van der Waals surface area contributed by atoms with Crippen molar-refractivity contribution in [1.29, 1.82) is 0 Å². The Morgan fingerprint density at radius 3 is 0.857 bits per heavy atom. The molecule has 192 valence electrons. The monoisotopic (exact) mass is 528 g/mol. The highest BCUT2D eigenvalue weighted by atomic mass is 14.2. The lowest BCUT2D eigenvalue weighted by molar-refractivity contribution is 1.65. The van der Waals surface area contributed by atoms with Crippen molar-refractivity contribution >= 4 is 75.4 Å². The molecule has 0 heterocycles. The third kappa shape index (κ3) is 3.01. The Hall–Kier alpha value is -5.46. The minimum absolute atomic E-state index is 1.26. The molecule has 0 heteroatoms. The van der Waals surface area contributed by atoms with Crippen LogP contribution in [-0.4, -0.2) is 0 Å². The van der Waals surface area contributed by atoms with Crippen LogP contribution in [0.4, 0.5) is 0 Å². The largest absolute Gasteiger partial charge is 0.0616 e. The molecule has 0 amide bonds. The standard InChI is InChI=1S/C42H24/c1-2-6-30-24-38(36-21-33-17-13-27-9-4-10-28-14-18-34(22-36)42(33)40(27)28)37(23-29(30)5-1)35-19-31-15-11-25-7-3-8-26-12-16-32(20-35)41(31)39(25)26/h1-24H. The molecule has 42 heavy (non-hydrogen) atoms. The van der Waals surface area contributed by atoms with E-state index in [2.05, 4.69) is 146 Å². The first-order valence-corrected chi connectivity index (χ1v) is 14.7. The molecule has 0 saturated heterocycles. The summed E-state index contributed by atoms with van der Waals surface area (Å²) >= 11 is 0. The Morgan fingerprint density at radius 1 is 0.214 bits per heavy atom. The molecule has 0 saturated carbocycles. The van der Waals surface area contributed by atoms with Crippen LogP contribution in [-0.2, 0) is 0 Å². The maximum atomic E-state index is 2.40. The van der Waals surface area contributed by atoms with Crippen molar-refractivity contribution < 1.29 is 0 Å². The normalized spacial score (nSPS) is 12.3. The van der Waals surface area contributed by atoms with E-state index in [4.69, 9.17) is 0 Å². The van der Waals surface area contributed by atoms with E-state index in [9.17, 15) is 0 Å². The number of fused-ring (bicyclic) bond motifs is 1. The van der Waals surface area contributed by atoms with Crippen LogP contribution in [0, 0.1) is 0 Å². The average molecular weight is 529 g/mol. The molecule has 0 fully saturated rings. The lowest BCUT2D eigenvalue weighted by Crippen LogP contribution is -1.91. The number of hydrogen-bond donors (Lipinski definition) is 0. The van der Waals surface area contributed by atoms with E-state index < -0.39 is 0 Å². The summed E-state index contributed by atoms with van der Waals surface area (Å²) in [6.45, 7) is 0. The number of rotatable bonds is 2. The lowest BCUT2D eigenvalue weighted by atomic mass is 9.86. The summed E-state index contributed by atoms with van der Waals surface area (Å²) in [4.78, 5) is 0. The first kappa shape index (κ1) is 22.3. The van der Waals surface area contributed by atoms with Gasteiger partial charge in [0.2, 0.25) is 0 Å². The molecule has 0 N–H and O–H groups in total. The fraction of sp³-hybridized carbons (Fsp3) is 0. The van der Waals surface area contributed by atoms with Gasteiger partial charge in [-0.3, -0.25) is 0 Å². The molecule has 0 unspecified atom stereocenters. The van der Waals surface area contributed by atoms with Gasteiger partial charge in [-0.1, -0.05) is 109 Å². The minimum atomic E-state index is 1.26. The van der Waals surface area contributed by atoms with Crippen molar-refractivity contribution in [3.05, 3.63) is 146 Å². The zero-order valence-corrected chi connectivity index (χ0v) is 22.9. The molecule has 0 bridgehead atoms. The summed E-state index contributed by atoms with van der Waals surface area (Å²) in [6, 6.07) is 54.6. The molecule has 0 nitrogen and oxygen atoms in total. The molecule has 10 aromatic carbocycles. The quantitative estimate of drug-likeness (QED) is 0.196. The van der Waals surface area contributed by atoms with E-state index in [1.165, 1.54) is 97.7 Å². The predicted octanol–water partition coefficient (Wildman–Crippen LogP) is 12.0. The Labute approximate surface area is 242 Å². The fourth-order valence-electron chi connectivity index (χ4n) is 7.54. The Balaban J connectivity index is 1.29. The molecule has 0 aliphatic heterocycles. The average Bonchev–Trinajstić information content (AvgIpc) is 3.05. The topological polar surface area (TPSA) is 0 Å². The van der Waals surface area contributed by atoms with Crippen molar-refractivity contribution in [3.63, 3.8) is 0 Å². The van der Waals surface area contributed by atoms with Crippen molar-refractivity contribution in [2.75, 3.05) is 0 Å². The molecule has 0 aromatic heterocycles. The second-order valence-electron chi connectivity index (χ2n) is 11.8. The predicted molar refractivity (Wildman–Crippen MR) is 182 cm³/mol. The van der Waals surface area contributed by atoms with Crippen LogP contribution in [0.5, 0.6) is 0 Å². The summed E-state index contributed by atoms with van der Waals surface area (Å²) in [5.41, 5.74) is 5.05. The number of hydrogen-bond acceptors (Lipinski definition) is 0. The third-order valence-corrected chi connectivity index (χ3v) is 9.43. The molecule has 0 aliphatic carbocycles. The molecule has 0 aliphatic rings. The summed E-state index contributed by atoms with van der Waals surface area (Å²) in [7, 11) is 0. The lowest BCUT2D eigenvalue weighted by Gasteiger charge is -2.17. The molecule has 10 aromatic rings. The van der Waals surface area contributed by atoms with Gasteiger partial charge >= 0.3 is 0 Å². The summed E-state index contributed by atoms with van der Waals surface area (Å²) < 4.78 is 0. The van der Waals surface area contributed by atoms with Crippen LogP contribution < -0.4 is 0 Å². The summed E-state index contributed by atoms with van der Waals surface area (Å²) in [6.07, 6.45) is 0. The van der Waals surface area contributed by atoms with E-state index in [0.717, 1.165) is 0 Å². The van der Waals surface area contributed by atoms with E-state index >= 15 is 0 Å². The molecule has 0 radical (unpaired) electrons. The van der Waals surface area contributed by atoms with Gasteiger partial charge < -0.3 is 0 Å². The minimum Gasteiger partial charge on any atom is -0.0616 e. The highest BCUT2D eigenvalue weighted by Gasteiger charge is 2.16. The second kappa shape index (κ2) is 8.06. The van der Waals surface area contributed by atoms with Gasteiger partial charge in [0.05, 0.1) is 0 Å². The van der Waals surface area contributed by atoms with Crippen LogP contribution in [0.2, 0.25) is 0 Å². The van der Waals surface area contributed by atoms with E-state index in [-0.39, 0.29) is 0 Å². The molecule has 10 rings (SSSR count). The molecular weight excluding hydrogens is 504 g/mol. The smallest absolute Gasteiger partial charge is 0.00264 e. The molecule has 0 spiro atoms. The molecule has 0 atom stereocenters. The first-order chi connectivity index (χ1) is 20.8. The van der Waals surface area contributed by atoms with Gasteiger partial charge in [-0.05, 0) is 134 Å². The van der Waals surface area contributed by atoms with Gasteiger partial charge in [-0.15, -0.1) is 0 Å². The Bertz CT molecular complexity index is 2360. The van der Waals surface area contributed by atoms with Gasteiger partial charge in [-0.2, -0.15) is 0 Å². The van der Waals surface area contributed by atoms with E-state index in [1.54, 1.807) is 0 Å². The first-order valence-electron chi connectivity index (χ1n) is 14.7. The van der Waals surface area contributed by atoms with Gasteiger partial charge in [-0.25, -0.2) is 0 Å². The zero-order valence-electron chi connectivity index (χ0n) is 22.9. The maximum absolute atomic E-state index is 2.40. The van der Waals surface area contributed by atoms with Gasteiger partial charge in [0.15, 0.2) is 0 Å². The maximum Gasteiger partial charge on any atom is -0.00264 e. The van der Waals surface area contributed by atoms with Crippen molar-refractivity contribution in [2.45, 2.75) is 0 Å². The SMILES string of the molecule is c1ccc2cc(-c3cc4ccc5cccc6ccc(c3)c4c56)c(-c3cc4ccc5cccc6ccc(c3)c4c56)cc2c1. The van der Waals surface area contributed by atoms with Gasteiger partial charge in [0, 0.05) is 0 Å². The van der Waals surface area contributed by atoms with Crippen LogP contribution >= 0.6 is 0 Å². The Morgan fingerprint density at radius 2 is 0.500 bits per heavy atom. The third-order valence-electron chi connectivity index (χ3n) is 9.43. The summed E-state index contributed by atoms with van der Waals surface area (Å²) in [5.74, 6) is 0. The van der Waals surface area contributed by atoms with Crippen LogP contribution in [0.15, 0.2) is 146 Å². The fourth-order valence-corrected chi connectivity index (χ4v) is 7.54. The van der Waals surface area contributed by atoms with Gasteiger partial charge in [0.25, 0.3) is 0 Å². The Kier molecular flexibility index (Phi) is 4.27. The van der Waals surface area contributed by atoms with Crippen molar-refractivity contribution in [3.8, 4) is 22.3 Å². The highest BCUT2D eigenvalue weighted by Crippen LogP contribution is 2.43.